The van der Waals surface area contributed by atoms with E-state index in [0.29, 0.717) is 15.3 Å². The number of aryl methyl sites for hydroxylation is 1. The van der Waals surface area contributed by atoms with Gasteiger partial charge in [0.1, 0.15) is 15.2 Å². The van der Waals surface area contributed by atoms with Gasteiger partial charge in [-0.2, -0.15) is 0 Å². The molecule has 0 bridgehead atoms. The molecule has 1 aromatic carbocycles. The van der Waals surface area contributed by atoms with Crippen LogP contribution in [0, 0.1) is 6.92 Å². The summed E-state index contributed by atoms with van der Waals surface area (Å²) in [6.07, 6.45) is 0. The molecule has 4 nitrogen and oxygen atoms in total. The second-order valence-electron chi connectivity index (χ2n) is 5.12. The quantitative estimate of drug-likeness (QED) is 0.355. The Bertz CT molecular complexity index is 926. The molecule has 0 aliphatic carbocycles. The largest absolute Gasteiger partial charge is 0.480 e. The highest BCUT2D eigenvalue weighted by atomic mass is 35.5. The number of hydrogen-bond donors (Lipinski definition) is 1. The number of carbonyl (C=O) groups is 1. The molecule has 0 saturated carbocycles. The molecular formula is C16H12Cl2N2O2S2. The van der Waals surface area contributed by atoms with E-state index in [4.69, 9.17) is 28.3 Å². The standard InChI is InChI=1S/C16H12Cl2N2O2S2/c1-7-11(9-3-5-10(17)6-4-9)12-13(18)19-16(20-14(12)23-7)24-8(2)15(21)22/h3-6,8H,1-2H3,(H,21,22). The number of carboxylic acids is 1. The number of halogens is 2. The van der Waals surface area contributed by atoms with Crippen LogP contribution in [0.2, 0.25) is 10.2 Å². The van der Waals surface area contributed by atoms with Crippen molar-refractivity contribution < 1.29 is 9.90 Å². The fourth-order valence-electron chi connectivity index (χ4n) is 2.28. The first-order chi connectivity index (χ1) is 11.4. The van der Waals surface area contributed by atoms with Crippen LogP contribution in [0.15, 0.2) is 29.4 Å². The molecule has 8 heteroatoms. The normalized spacial score (nSPS) is 12.5. The van der Waals surface area contributed by atoms with E-state index in [9.17, 15) is 4.79 Å². The van der Waals surface area contributed by atoms with Crippen molar-refractivity contribution >= 4 is 62.5 Å². The van der Waals surface area contributed by atoms with Crippen LogP contribution >= 0.6 is 46.3 Å². The molecule has 124 valence electrons. The molecule has 0 amide bonds. The molecule has 0 radical (unpaired) electrons. The molecule has 3 rings (SSSR count). The van der Waals surface area contributed by atoms with Gasteiger partial charge in [0, 0.05) is 15.5 Å². The number of carboxylic acid groups (broad SMARTS) is 1. The molecule has 0 saturated heterocycles. The molecular weight excluding hydrogens is 387 g/mol. The van der Waals surface area contributed by atoms with Crippen LogP contribution in [0.5, 0.6) is 0 Å². The maximum absolute atomic E-state index is 11.0. The number of aromatic nitrogens is 2. The van der Waals surface area contributed by atoms with Gasteiger partial charge in [0.05, 0.1) is 5.39 Å². The maximum atomic E-state index is 11.0. The van der Waals surface area contributed by atoms with Crippen molar-refractivity contribution in [2.24, 2.45) is 0 Å². The van der Waals surface area contributed by atoms with Crippen LogP contribution in [0.3, 0.4) is 0 Å². The molecule has 0 aliphatic heterocycles. The van der Waals surface area contributed by atoms with E-state index in [1.54, 1.807) is 6.92 Å². The van der Waals surface area contributed by atoms with Crippen molar-refractivity contribution in [3.05, 3.63) is 39.3 Å². The molecule has 0 aliphatic rings. The van der Waals surface area contributed by atoms with Gasteiger partial charge in [-0.15, -0.1) is 11.3 Å². The SMILES string of the molecule is Cc1sc2nc(SC(C)C(=O)O)nc(Cl)c2c1-c1ccc(Cl)cc1. The molecule has 1 N–H and O–H groups in total. The summed E-state index contributed by atoms with van der Waals surface area (Å²) in [6, 6.07) is 7.52. The monoisotopic (exact) mass is 398 g/mol. The van der Waals surface area contributed by atoms with Crippen LogP contribution in [-0.4, -0.2) is 26.3 Å². The second-order valence-corrected chi connectivity index (χ2v) is 8.42. The Morgan fingerprint density at radius 2 is 1.92 bits per heavy atom. The Kier molecular flexibility index (Phi) is 5.01. The smallest absolute Gasteiger partial charge is 0.316 e. The van der Waals surface area contributed by atoms with Crippen LogP contribution in [0.25, 0.3) is 21.3 Å². The van der Waals surface area contributed by atoms with Gasteiger partial charge < -0.3 is 5.11 Å². The Balaban J connectivity index is 2.11. The van der Waals surface area contributed by atoms with Crippen molar-refractivity contribution in [2.45, 2.75) is 24.3 Å². The molecule has 3 aromatic rings. The lowest BCUT2D eigenvalue weighted by atomic mass is 10.0. The summed E-state index contributed by atoms with van der Waals surface area (Å²) in [5.41, 5.74) is 1.98. The van der Waals surface area contributed by atoms with Crippen molar-refractivity contribution in [3.63, 3.8) is 0 Å². The number of fused-ring (bicyclic) bond motifs is 1. The fraction of sp³-hybridized carbons (Fsp3) is 0.188. The molecule has 2 heterocycles. The molecule has 24 heavy (non-hydrogen) atoms. The van der Waals surface area contributed by atoms with Gasteiger partial charge in [0.25, 0.3) is 0 Å². The lowest BCUT2D eigenvalue weighted by molar-refractivity contribution is -0.136. The predicted molar refractivity (Wildman–Crippen MR) is 101 cm³/mol. The summed E-state index contributed by atoms with van der Waals surface area (Å²) in [5, 5.41) is 10.5. The lowest BCUT2D eigenvalue weighted by Gasteiger charge is -2.06. The van der Waals surface area contributed by atoms with Crippen LogP contribution in [0.1, 0.15) is 11.8 Å². The number of thioether (sulfide) groups is 1. The van der Waals surface area contributed by atoms with Gasteiger partial charge in [-0.3, -0.25) is 4.79 Å². The van der Waals surface area contributed by atoms with E-state index in [2.05, 4.69) is 9.97 Å². The first kappa shape index (κ1) is 17.5. The topological polar surface area (TPSA) is 63.1 Å². The highest BCUT2D eigenvalue weighted by Crippen LogP contribution is 2.41. The minimum Gasteiger partial charge on any atom is -0.480 e. The zero-order valence-corrected chi connectivity index (χ0v) is 15.9. The zero-order chi connectivity index (χ0) is 17.4. The second kappa shape index (κ2) is 6.88. The van der Waals surface area contributed by atoms with E-state index < -0.39 is 11.2 Å². The summed E-state index contributed by atoms with van der Waals surface area (Å²) in [4.78, 5) is 21.6. The first-order valence-electron chi connectivity index (χ1n) is 6.99. The first-order valence-corrected chi connectivity index (χ1v) is 9.44. The third-order valence-electron chi connectivity index (χ3n) is 3.43. The Morgan fingerprint density at radius 3 is 2.54 bits per heavy atom. The molecule has 2 aromatic heterocycles. The van der Waals surface area contributed by atoms with Gasteiger partial charge >= 0.3 is 5.97 Å². The van der Waals surface area contributed by atoms with Crippen molar-refractivity contribution in [1.29, 1.82) is 0 Å². The summed E-state index contributed by atoms with van der Waals surface area (Å²) in [6.45, 7) is 3.59. The van der Waals surface area contributed by atoms with E-state index in [1.807, 2.05) is 31.2 Å². The van der Waals surface area contributed by atoms with Crippen molar-refractivity contribution in [1.82, 2.24) is 9.97 Å². The number of aliphatic carboxylic acids is 1. The number of benzene rings is 1. The van der Waals surface area contributed by atoms with Crippen LogP contribution in [-0.2, 0) is 4.79 Å². The number of thiophene rings is 1. The van der Waals surface area contributed by atoms with Crippen molar-refractivity contribution in [3.8, 4) is 11.1 Å². The van der Waals surface area contributed by atoms with Crippen LogP contribution in [0.4, 0.5) is 0 Å². The van der Waals surface area contributed by atoms with Gasteiger partial charge in [0.2, 0.25) is 0 Å². The maximum Gasteiger partial charge on any atom is 0.316 e. The summed E-state index contributed by atoms with van der Waals surface area (Å²) >= 11 is 14.9. The summed E-state index contributed by atoms with van der Waals surface area (Å²) < 4.78 is 0. The Labute approximate surface area is 156 Å². The number of hydrogen-bond acceptors (Lipinski definition) is 5. The Morgan fingerprint density at radius 1 is 1.25 bits per heavy atom. The highest BCUT2D eigenvalue weighted by Gasteiger charge is 2.20. The van der Waals surface area contributed by atoms with Gasteiger partial charge in [-0.05, 0) is 31.5 Å². The van der Waals surface area contributed by atoms with Crippen LogP contribution < -0.4 is 0 Å². The lowest BCUT2D eigenvalue weighted by Crippen LogP contribution is -2.11. The summed E-state index contributed by atoms with van der Waals surface area (Å²) in [5.74, 6) is -0.913. The zero-order valence-electron chi connectivity index (χ0n) is 12.7. The van der Waals surface area contributed by atoms with E-state index in [-0.39, 0.29) is 0 Å². The minimum absolute atomic E-state index is 0.328. The summed E-state index contributed by atoms with van der Waals surface area (Å²) in [7, 11) is 0. The highest BCUT2D eigenvalue weighted by molar-refractivity contribution is 8.00. The van der Waals surface area contributed by atoms with E-state index >= 15 is 0 Å². The minimum atomic E-state index is -0.913. The predicted octanol–water partition coefficient (Wildman–Crippen LogP) is 5.54. The average Bonchev–Trinajstić information content (AvgIpc) is 2.84. The third-order valence-corrected chi connectivity index (χ3v) is 5.90. The number of rotatable bonds is 4. The molecule has 1 unspecified atom stereocenters. The Hall–Kier alpha value is -1.34. The molecule has 0 fully saturated rings. The van der Waals surface area contributed by atoms with Crippen molar-refractivity contribution in [2.75, 3.05) is 0 Å². The van der Waals surface area contributed by atoms with E-state index in [1.165, 1.54) is 11.3 Å². The molecule has 0 spiro atoms. The van der Waals surface area contributed by atoms with Gasteiger partial charge in [-0.25, -0.2) is 9.97 Å². The van der Waals surface area contributed by atoms with E-state index in [0.717, 1.165) is 38.0 Å². The van der Waals surface area contributed by atoms with Gasteiger partial charge in [0.15, 0.2) is 5.16 Å². The number of nitrogens with zero attached hydrogens (tertiary/aromatic N) is 2. The van der Waals surface area contributed by atoms with Gasteiger partial charge in [-0.1, -0.05) is 47.1 Å². The fourth-order valence-corrected chi connectivity index (χ4v) is 4.58. The third kappa shape index (κ3) is 3.37. The molecule has 1 atom stereocenters. The average molecular weight is 399 g/mol.